The summed E-state index contributed by atoms with van der Waals surface area (Å²) in [4.78, 5) is 13.2. The zero-order valence-electron chi connectivity index (χ0n) is 10.2. The third-order valence-corrected chi connectivity index (χ3v) is 3.17. The summed E-state index contributed by atoms with van der Waals surface area (Å²) in [5.74, 6) is -4.56. The summed E-state index contributed by atoms with van der Waals surface area (Å²) in [6.07, 6.45) is 0. The van der Waals surface area contributed by atoms with Crippen LogP contribution < -0.4 is 5.32 Å². The fraction of sp³-hybridized carbons (Fsp3) is 0.462. The highest BCUT2D eigenvalue weighted by Gasteiger charge is 2.45. The van der Waals surface area contributed by atoms with Gasteiger partial charge in [-0.1, -0.05) is 30.3 Å². The van der Waals surface area contributed by atoms with Crippen molar-refractivity contribution in [1.29, 1.82) is 0 Å². The minimum Gasteiger partial charge on any atom is -0.332 e. The maximum absolute atomic E-state index is 14.1. The number of hydrogen-bond donors (Lipinski definition) is 1. The molecule has 1 saturated heterocycles. The van der Waals surface area contributed by atoms with Crippen molar-refractivity contribution in [2.45, 2.75) is 18.9 Å². The lowest BCUT2D eigenvalue weighted by Gasteiger charge is -2.36. The van der Waals surface area contributed by atoms with Gasteiger partial charge in [-0.05, 0) is 6.92 Å². The Morgan fingerprint density at radius 2 is 2.06 bits per heavy atom. The van der Waals surface area contributed by atoms with E-state index in [1.807, 2.05) is 0 Å². The average Bonchev–Trinajstić information content (AvgIpc) is 2.39. The number of carbonyl (C=O) groups excluding carboxylic acids is 1. The first-order valence-electron chi connectivity index (χ1n) is 5.98. The van der Waals surface area contributed by atoms with Crippen LogP contribution in [0.3, 0.4) is 0 Å². The van der Waals surface area contributed by atoms with Gasteiger partial charge >= 0.3 is 5.92 Å². The van der Waals surface area contributed by atoms with E-state index >= 15 is 0 Å². The highest BCUT2D eigenvalue weighted by atomic mass is 19.3. The third kappa shape index (κ3) is 2.36. The van der Waals surface area contributed by atoms with Crippen LogP contribution in [0.15, 0.2) is 30.3 Å². The summed E-state index contributed by atoms with van der Waals surface area (Å²) in [6.45, 7) is 3.20. The summed E-state index contributed by atoms with van der Waals surface area (Å²) in [7, 11) is 0. The van der Waals surface area contributed by atoms with Gasteiger partial charge in [0.15, 0.2) is 0 Å². The minimum absolute atomic E-state index is 0.208. The molecule has 1 atom stereocenters. The summed E-state index contributed by atoms with van der Waals surface area (Å²) in [5, 5.41) is 3.07. The Kier molecular flexibility index (Phi) is 3.61. The Hall–Kier alpha value is -1.49. The van der Waals surface area contributed by atoms with E-state index in [1.54, 1.807) is 13.0 Å². The first-order valence-corrected chi connectivity index (χ1v) is 5.98. The Bertz CT molecular complexity index is 422. The predicted molar refractivity (Wildman–Crippen MR) is 64.4 cm³/mol. The first-order chi connectivity index (χ1) is 8.53. The largest absolute Gasteiger partial charge is 0.349 e. The molecule has 1 aromatic carbocycles. The molecular weight excluding hydrogens is 238 g/mol. The zero-order valence-corrected chi connectivity index (χ0v) is 10.2. The molecule has 1 aliphatic rings. The molecule has 1 N–H and O–H groups in total. The molecule has 1 aliphatic heterocycles. The summed E-state index contributed by atoms with van der Waals surface area (Å²) < 4.78 is 28.2. The molecule has 2 rings (SSSR count). The van der Waals surface area contributed by atoms with E-state index in [1.165, 1.54) is 29.2 Å². The zero-order chi connectivity index (χ0) is 13.2. The number of rotatable bonds is 2. The molecule has 1 fully saturated rings. The van der Waals surface area contributed by atoms with Crippen LogP contribution in [0.5, 0.6) is 0 Å². The van der Waals surface area contributed by atoms with Crippen LogP contribution in [0.25, 0.3) is 0 Å². The number of amides is 1. The second kappa shape index (κ2) is 5.02. The van der Waals surface area contributed by atoms with Crippen molar-refractivity contribution in [3.8, 4) is 0 Å². The van der Waals surface area contributed by atoms with Crippen LogP contribution in [-0.2, 0) is 10.7 Å². The van der Waals surface area contributed by atoms with Crippen LogP contribution in [-0.4, -0.2) is 36.5 Å². The summed E-state index contributed by atoms with van der Waals surface area (Å²) >= 11 is 0. The van der Waals surface area contributed by atoms with Crippen molar-refractivity contribution in [3.05, 3.63) is 35.9 Å². The number of halogens is 2. The topological polar surface area (TPSA) is 32.3 Å². The molecule has 18 heavy (non-hydrogen) atoms. The lowest BCUT2D eigenvalue weighted by atomic mass is 10.1. The molecule has 1 aromatic rings. The van der Waals surface area contributed by atoms with Crippen molar-refractivity contribution in [1.82, 2.24) is 10.2 Å². The summed E-state index contributed by atoms with van der Waals surface area (Å²) in [5.41, 5.74) is -0.249. The molecule has 3 nitrogen and oxygen atoms in total. The fourth-order valence-electron chi connectivity index (χ4n) is 2.09. The van der Waals surface area contributed by atoms with E-state index < -0.39 is 11.8 Å². The van der Waals surface area contributed by atoms with E-state index in [2.05, 4.69) is 5.32 Å². The number of piperazine rings is 1. The van der Waals surface area contributed by atoms with Crippen LogP contribution in [0.4, 0.5) is 8.78 Å². The second-order valence-corrected chi connectivity index (χ2v) is 4.49. The number of alkyl halides is 2. The van der Waals surface area contributed by atoms with Gasteiger partial charge in [0.1, 0.15) is 0 Å². The Morgan fingerprint density at radius 3 is 2.67 bits per heavy atom. The van der Waals surface area contributed by atoms with Crippen LogP contribution in [0, 0.1) is 0 Å². The van der Waals surface area contributed by atoms with E-state index in [0.29, 0.717) is 19.6 Å². The number of hydrogen-bond acceptors (Lipinski definition) is 2. The van der Waals surface area contributed by atoms with Gasteiger partial charge in [-0.15, -0.1) is 0 Å². The van der Waals surface area contributed by atoms with Crippen molar-refractivity contribution >= 4 is 5.91 Å². The molecule has 1 amide bonds. The smallest absolute Gasteiger partial charge is 0.332 e. The van der Waals surface area contributed by atoms with Gasteiger partial charge in [0.25, 0.3) is 5.91 Å². The molecular formula is C13H16F2N2O. The molecule has 5 heteroatoms. The Morgan fingerprint density at radius 1 is 1.39 bits per heavy atom. The maximum atomic E-state index is 14.1. The predicted octanol–water partition coefficient (Wildman–Crippen LogP) is 1.60. The lowest BCUT2D eigenvalue weighted by molar-refractivity contribution is -0.162. The van der Waals surface area contributed by atoms with Crippen molar-refractivity contribution in [3.63, 3.8) is 0 Å². The lowest BCUT2D eigenvalue weighted by Crippen LogP contribution is -2.55. The standard InChI is InChI=1S/C13H16F2N2O/c1-10-9-16-7-8-17(10)12(18)13(14,15)11-5-3-2-4-6-11/h2-6,10,16H,7-9H2,1H3/t10-/m0/s1. The second-order valence-electron chi connectivity index (χ2n) is 4.49. The molecule has 1 heterocycles. The summed E-state index contributed by atoms with van der Waals surface area (Å²) in [6, 6.07) is 7.03. The van der Waals surface area contributed by atoms with Crippen molar-refractivity contribution in [2.75, 3.05) is 19.6 Å². The monoisotopic (exact) mass is 254 g/mol. The van der Waals surface area contributed by atoms with Gasteiger partial charge in [0, 0.05) is 31.2 Å². The molecule has 0 bridgehead atoms. The van der Waals surface area contributed by atoms with Crippen molar-refractivity contribution in [2.24, 2.45) is 0 Å². The number of benzene rings is 1. The van der Waals surface area contributed by atoms with Gasteiger partial charge < -0.3 is 10.2 Å². The number of carbonyl (C=O) groups is 1. The number of nitrogens with one attached hydrogen (secondary N) is 1. The first kappa shape index (κ1) is 13.0. The quantitative estimate of drug-likeness (QED) is 0.869. The molecule has 0 spiro atoms. The van der Waals surface area contributed by atoms with Gasteiger partial charge in [-0.25, -0.2) is 0 Å². The highest BCUT2D eigenvalue weighted by molar-refractivity contribution is 5.85. The van der Waals surface area contributed by atoms with Crippen LogP contribution >= 0.6 is 0 Å². The minimum atomic E-state index is -3.45. The Labute approximate surface area is 105 Å². The van der Waals surface area contributed by atoms with E-state index in [-0.39, 0.29) is 11.6 Å². The van der Waals surface area contributed by atoms with Crippen molar-refractivity contribution < 1.29 is 13.6 Å². The molecule has 98 valence electrons. The average molecular weight is 254 g/mol. The normalized spacial score (nSPS) is 20.8. The highest BCUT2D eigenvalue weighted by Crippen LogP contribution is 2.30. The van der Waals surface area contributed by atoms with Crippen LogP contribution in [0.2, 0.25) is 0 Å². The Balaban J connectivity index is 2.21. The molecule has 0 aliphatic carbocycles. The van der Waals surface area contributed by atoms with Gasteiger partial charge in [0.05, 0.1) is 0 Å². The SMILES string of the molecule is C[C@H]1CNCCN1C(=O)C(F)(F)c1ccccc1. The molecule has 0 saturated carbocycles. The van der Waals surface area contributed by atoms with Gasteiger partial charge in [-0.3, -0.25) is 4.79 Å². The molecule has 0 unspecified atom stereocenters. The van der Waals surface area contributed by atoms with E-state index in [4.69, 9.17) is 0 Å². The molecule has 0 radical (unpaired) electrons. The van der Waals surface area contributed by atoms with Gasteiger partial charge in [0.2, 0.25) is 0 Å². The van der Waals surface area contributed by atoms with Gasteiger partial charge in [-0.2, -0.15) is 8.78 Å². The van der Waals surface area contributed by atoms with E-state index in [0.717, 1.165) is 0 Å². The number of nitrogens with zero attached hydrogens (tertiary/aromatic N) is 1. The third-order valence-electron chi connectivity index (χ3n) is 3.17. The fourth-order valence-corrected chi connectivity index (χ4v) is 2.09. The van der Waals surface area contributed by atoms with Crippen LogP contribution in [0.1, 0.15) is 12.5 Å². The van der Waals surface area contributed by atoms with E-state index in [9.17, 15) is 13.6 Å². The maximum Gasteiger partial charge on any atom is 0.349 e. The molecule has 0 aromatic heterocycles.